The van der Waals surface area contributed by atoms with Gasteiger partial charge in [0.25, 0.3) is 0 Å². The molecule has 6 heteroatoms. The molecule has 2 aliphatic heterocycles. The summed E-state index contributed by atoms with van der Waals surface area (Å²) in [6.07, 6.45) is 1.92. The van der Waals surface area contributed by atoms with Gasteiger partial charge in [-0.15, -0.1) is 11.8 Å². The molecular formula is C15H18O4S2. The molecule has 1 saturated heterocycles. The average Bonchev–Trinajstić information content (AvgIpc) is 2.98. The predicted octanol–water partition coefficient (Wildman–Crippen LogP) is 2.23. The van der Waals surface area contributed by atoms with Gasteiger partial charge in [0.15, 0.2) is 9.84 Å². The minimum atomic E-state index is -3.03. The maximum absolute atomic E-state index is 11.6. The molecule has 1 aromatic carbocycles. The zero-order valence-electron chi connectivity index (χ0n) is 11.6. The monoisotopic (exact) mass is 326 g/mol. The van der Waals surface area contributed by atoms with Crippen molar-refractivity contribution in [2.75, 3.05) is 11.5 Å². The molecule has 0 amide bonds. The van der Waals surface area contributed by atoms with E-state index in [0.717, 1.165) is 6.42 Å². The largest absolute Gasteiger partial charge is 0.481 e. The molecule has 1 N–H and O–H groups in total. The number of aliphatic carboxylic acids is 1. The summed E-state index contributed by atoms with van der Waals surface area (Å²) >= 11 is 1.73. The van der Waals surface area contributed by atoms with Crippen molar-refractivity contribution in [2.45, 2.75) is 29.4 Å². The van der Waals surface area contributed by atoms with Crippen LogP contribution in [0.2, 0.25) is 0 Å². The van der Waals surface area contributed by atoms with Gasteiger partial charge in [0, 0.05) is 10.1 Å². The van der Waals surface area contributed by atoms with Crippen molar-refractivity contribution in [1.82, 2.24) is 0 Å². The molecule has 0 aliphatic carbocycles. The van der Waals surface area contributed by atoms with Gasteiger partial charge in [-0.25, -0.2) is 8.42 Å². The first-order valence-electron chi connectivity index (χ1n) is 7.12. The van der Waals surface area contributed by atoms with E-state index >= 15 is 0 Å². The van der Waals surface area contributed by atoms with E-state index in [1.165, 1.54) is 10.5 Å². The summed E-state index contributed by atoms with van der Waals surface area (Å²) in [7, 11) is -3.03. The Labute approximate surface area is 128 Å². The van der Waals surface area contributed by atoms with Gasteiger partial charge in [-0.05, 0) is 36.8 Å². The number of thioether (sulfide) groups is 1. The highest BCUT2D eigenvalue weighted by atomic mass is 32.2. The third-order valence-electron chi connectivity index (χ3n) is 4.38. The number of carbonyl (C=O) groups is 1. The van der Waals surface area contributed by atoms with Gasteiger partial charge in [-0.2, -0.15) is 0 Å². The number of hydrogen-bond acceptors (Lipinski definition) is 4. The number of benzene rings is 1. The van der Waals surface area contributed by atoms with Crippen LogP contribution in [0.1, 0.15) is 18.4 Å². The first kappa shape index (κ1) is 14.9. The summed E-state index contributed by atoms with van der Waals surface area (Å²) in [6.45, 7) is 0. The van der Waals surface area contributed by atoms with E-state index in [9.17, 15) is 18.3 Å². The molecule has 3 atom stereocenters. The van der Waals surface area contributed by atoms with Crippen LogP contribution in [0, 0.1) is 11.8 Å². The highest BCUT2D eigenvalue weighted by molar-refractivity contribution is 8.00. The van der Waals surface area contributed by atoms with Gasteiger partial charge in [-0.3, -0.25) is 4.79 Å². The lowest BCUT2D eigenvalue weighted by Gasteiger charge is -2.21. The van der Waals surface area contributed by atoms with Crippen LogP contribution < -0.4 is 0 Å². The molecule has 2 heterocycles. The summed E-state index contributed by atoms with van der Waals surface area (Å²) in [5, 5.41) is 9.72. The van der Waals surface area contributed by atoms with Crippen molar-refractivity contribution in [2.24, 2.45) is 11.8 Å². The van der Waals surface area contributed by atoms with E-state index in [1.807, 2.05) is 12.1 Å². The molecule has 0 bridgehead atoms. The number of carboxylic acid groups (broad SMARTS) is 1. The lowest BCUT2D eigenvalue weighted by Crippen LogP contribution is -2.27. The third-order valence-corrected chi connectivity index (χ3v) is 7.52. The van der Waals surface area contributed by atoms with E-state index < -0.39 is 21.7 Å². The van der Waals surface area contributed by atoms with Crippen LogP contribution in [-0.2, 0) is 21.1 Å². The first-order chi connectivity index (χ1) is 9.94. The summed E-state index contributed by atoms with van der Waals surface area (Å²) in [5.41, 5.74) is 1.27. The number of fused-ring (bicyclic) bond motifs is 1. The van der Waals surface area contributed by atoms with Crippen molar-refractivity contribution in [1.29, 1.82) is 0 Å². The number of carboxylic acids is 1. The summed E-state index contributed by atoms with van der Waals surface area (Å²) in [4.78, 5) is 12.8. The van der Waals surface area contributed by atoms with Gasteiger partial charge >= 0.3 is 5.97 Å². The van der Waals surface area contributed by atoms with Crippen molar-refractivity contribution in [3.05, 3.63) is 29.8 Å². The minimum Gasteiger partial charge on any atom is -0.481 e. The van der Waals surface area contributed by atoms with Crippen molar-refractivity contribution < 1.29 is 18.3 Å². The second kappa shape index (κ2) is 5.65. The van der Waals surface area contributed by atoms with Crippen LogP contribution in [0.5, 0.6) is 0 Å². The lowest BCUT2D eigenvalue weighted by atomic mass is 9.87. The lowest BCUT2D eigenvalue weighted by molar-refractivity contribution is -0.143. The second-order valence-corrected chi connectivity index (χ2v) is 9.47. The third kappa shape index (κ3) is 3.26. The second-order valence-electron chi connectivity index (χ2n) is 5.90. The molecule has 0 saturated carbocycles. The zero-order chi connectivity index (χ0) is 15.0. The topological polar surface area (TPSA) is 71.4 Å². The van der Waals surface area contributed by atoms with E-state index in [-0.39, 0.29) is 22.7 Å². The minimum absolute atomic E-state index is 0.0360. The van der Waals surface area contributed by atoms with Crippen LogP contribution in [-0.4, -0.2) is 36.2 Å². The average molecular weight is 326 g/mol. The molecule has 0 aromatic heterocycles. The first-order valence-corrected chi connectivity index (χ1v) is 9.82. The molecule has 0 radical (unpaired) electrons. The quantitative estimate of drug-likeness (QED) is 0.918. The van der Waals surface area contributed by atoms with Crippen LogP contribution >= 0.6 is 11.8 Å². The number of rotatable bonds is 4. The fraction of sp³-hybridized carbons (Fsp3) is 0.533. The molecule has 3 unspecified atom stereocenters. The van der Waals surface area contributed by atoms with Crippen molar-refractivity contribution >= 4 is 27.6 Å². The zero-order valence-corrected chi connectivity index (χ0v) is 13.2. The number of sulfone groups is 1. The molecular weight excluding hydrogens is 308 g/mol. The highest BCUT2D eigenvalue weighted by Crippen LogP contribution is 2.41. The predicted molar refractivity (Wildman–Crippen MR) is 82.3 cm³/mol. The molecule has 114 valence electrons. The van der Waals surface area contributed by atoms with Gasteiger partial charge in [0.2, 0.25) is 0 Å². The van der Waals surface area contributed by atoms with Gasteiger partial charge < -0.3 is 5.11 Å². The van der Waals surface area contributed by atoms with Crippen molar-refractivity contribution in [3.8, 4) is 0 Å². The maximum Gasteiger partial charge on any atom is 0.306 e. The Hall–Kier alpha value is -1.01. The Morgan fingerprint density at radius 2 is 2.14 bits per heavy atom. The smallest absolute Gasteiger partial charge is 0.306 e. The standard InChI is InChI=1S/C15H18O4S2/c16-15(17)13(11-5-6-21(18,19)9-11)8-12-7-10-3-1-2-4-14(10)20-12/h1-4,11-13H,5-9H2,(H,16,17). The van der Waals surface area contributed by atoms with E-state index in [4.69, 9.17) is 0 Å². The Kier molecular flexibility index (Phi) is 4.01. The fourth-order valence-electron chi connectivity index (χ4n) is 3.30. The molecule has 2 aliphatic rings. The normalized spacial score (nSPS) is 28.2. The van der Waals surface area contributed by atoms with Gasteiger partial charge in [0.05, 0.1) is 17.4 Å². The van der Waals surface area contributed by atoms with Gasteiger partial charge in [0.1, 0.15) is 0 Å². The van der Waals surface area contributed by atoms with Crippen LogP contribution in [0.4, 0.5) is 0 Å². The maximum atomic E-state index is 11.6. The Bertz CT molecular complexity index is 628. The van der Waals surface area contributed by atoms with Crippen LogP contribution in [0.25, 0.3) is 0 Å². The molecule has 1 aromatic rings. The fourth-order valence-corrected chi connectivity index (χ4v) is 6.57. The molecule has 1 fully saturated rings. The molecule has 3 rings (SSSR count). The molecule has 0 spiro atoms. The van der Waals surface area contributed by atoms with E-state index in [1.54, 1.807) is 11.8 Å². The van der Waals surface area contributed by atoms with E-state index in [0.29, 0.717) is 12.8 Å². The SMILES string of the molecule is O=C(O)C(CC1Cc2ccccc2S1)C1CCS(=O)(=O)C1. The van der Waals surface area contributed by atoms with E-state index in [2.05, 4.69) is 12.1 Å². The van der Waals surface area contributed by atoms with Crippen molar-refractivity contribution in [3.63, 3.8) is 0 Å². The number of hydrogen-bond donors (Lipinski definition) is 1. The summed E-state index contributed by atoms with van der Waals surface area (Å²) < 4.78 is 23.2. The molecule has 21 heavy (non-hydrogen) atoms. The Morgan fingerprint density at radius 1 is 1.38 bits per heavy atom. The van der Waals surface area contributed by atoms with Crippen LogP contribution in [0.15, 0.2) is 29.2 Å². The summed E-state index contributed by atoms with van der Waals surface area (Å²) in [5.74, 6) is -1.45. The molecule has 4 nitrogen and oxygen atoms in total. The summed E-state index contributed by atoms with van der Waals surface area (Å²) in [6, 6.07) is 8.14. The van der Waals surface area contributed by atoms with Crippen LogP contribution in [0.3, 0.4) is 0 Å². The Balaban J connectivity index is 1.69. The highest BCUT2D eigenvalue weighted by Gasteiger charge is 2.39. The van der Waals surface area contributed by atoms with Gasteiger partial charge in [-0.1, -0.05) is 18.2 Å². The Morgan fingerprint density at radius 3 is 2.76 bits per heavy atom.